The molecule has 0 radical (unpaired) electrons. The molecule has 0 spiro atoms. The summed E-state index contributed by atoms with van der Waals surface area (Å²) in [6.07, 6.45) is -0.869. The van der Waals surface area contributed by atoms with Crippen molar-refractivity contribution in [2.75, 3.05) is 34.4 Å². The van der Waals surface area contributed by atoms with Crippen LogP contribution in [-0.4, -0.2) is 109 Å². The van der Waals surface area contributed by atoms with Crippen LogP contribution in [0.15, 0.2) is 24.3 Å². The zero-order valence-electron chi connectivity index (χ0n) is 34.7. The molecule has 0 aromatic heterocycles. The van der Waals surface area contributed by atoms with Crippen molar-refractivity contribution in [1.29, 1.82) is 0 Å². The lowest BCUT2D eigenvalue weighted by molar-refractivity contribution is -0.384. The lowest BCUT2D eigenvalue weighted by atomic mass is 9.85. The summed E-state index contributed by atoms with van der Waals surface area (Å²) in [5.41, 5.74) is -1.29. The maximum atomic E-state index is 13.5. The van der Waals surface area contributed by atoms with E-state index < -0.39 is 58.0 Å². The van der Waals surface area contributed by atoms with Crippen molar-refractivity contribution in [2.45, 2.75) is 93.4 Å². The second kappa shape index (κ2) is 15.5. The summed E-state index contributed by atoms with van der Waals surface area (Å²) >= 11 is 0. The summed E-state index contributed by atoms with van der Waals surface area (Å²) in [6.45, 7) is 20.4. The Morgan fingerprint density at radius 1 is 0.750 bits per heavy atom. The number of nitro benzene ring substituents is 1. The Kier molecular flexibility index (Phi) is 12.1. The van der Waals surface area contributed by atoms with Crippen LogP contribution in [0.3, 0.4) is 0 Å². The smallest absolute Gasteiger partial charge is 0.413 e. The number of nitrogens with one attached hydrogen (secondary N) is 3. The maximum Gasteiger partial charge on any atom is 0.413 e. The van der Waals surface area contributed by atoms with E-state index in [2.05, 4.69) is 43.6 Å². The van der Waals surface area contributed by atoms with E-state index >= 15 is 0 Å². The molecule has 310 valence electrons. The number of hydrogen-bond acceptors (Lipinski definition) is 11. The third-order valence-corrected chi connectivity index (χ3v) is 12.1. The summed E-state index contributed by atoms with van der Waals surface area (Å²) in [5.74, 6) is -0.715. The largest absolute Gasteiger partial charge is 0.467 e. The molecule has 2 saturated carbocycles. The molecular formula is C39H58N6O11. The zero-order valence-corrected chi connectivity index (χ0v) is 34.7. The van der Waals surface area contributed by atoms with E-state index in [0.717, 1.165) is 0 Å². The van der Waals surface area contributed by atoms with Crippen LogP contribution in [0.1, 0.15) is 69.2 Å². The second-order valence-corrected chi connectivity index (χ2v) is 18.4. The fourth-order valence-corrected chi connectivity index (χ4v) is 8.53. The maximum absolute atomic E-state index is 13.5. The fraction of sp³-hybridized carbons (Fsp3) is 0.692. The van der Waals surface area contributed by atoms with Gasteiger partial charge in [-0.1, -0.05) is 69.2 Å². The van der Waals surface area contributed by atoms with Gasteiger partial charge in [-0.3, -0.25) is 19.7 Å². The molecule has 1 aromatic rings. The molecule has 4 aliphatic rings. The van der Waals surface area contributed by atoms with Crippen LogP contribution in [0.4, 0.5) is 15.3 Å². The number of fused-ring (bicyclic) bond motifs is 2. The predicted molar refractivity (Wildman–Crippen MR) is 203 cm³/mol. The van der Waals surface area contributed by atoms with Gasteiger partial charge in [-0.15, -0.1) is 0 Å². The Bertz CT molecular complexity index is 1730. The molecule has 8 atom stereocenters. The molecule has 17 heteroatoms. The molecule has 2 saturated heterocycles. The molecule has 2 aliphatic heterocycles. The van der Waals surface area contributed by atoms with E-state index in [1.54, 1.807) is 25.7 Å². The number of rotatable bonds is 8. The number of carbonyl (C=O) groups excluding carboxylic acids is 6. The molecule has 17 nitrogen and oxygen atoms in total. The Morgan fingerprint density at radius 2 is 1.14 bits per heavy atom. The third kappa shape index (κ3) is 8.55. The van der Waals surface area contributed by atoms with Gasteiger partial charge in [-0.05, 0) is 45.6 Å². The summed E-state index contributed by atoms with van der Waals surface area (Å²) in [5, 5.41) is 18.6. The number of non-ortho nitro benzene ring substituents is 1. The molecule has 4 fully saturated rings. The van der Waals surface area contributed by atoms with Gasteiger partial charge in [0.2, 0.25) is 11.8 Å². The summed E-state index contributed by atoms with van der Waals surface area (Å²) < 4.78 is 15.1. The van der Waals surface area contributed by atoms with E-state index in [1.807, 2.05) is 20.8 Å². The molecule has 0 bridgehead atoms. The summed E-state index contributed by atoms with van der Waals surface area (Å²) in [7, 11) is 4.15. The number of methoxy groups -OCH3 is 2. The van der Waals surface area contributed by atoms with Crippen LogP contribution >= 0.6 is 0 Å². The molecule has 3 N–H and O–H groups in total. The summed E-state index contributed by atoms with van der Waals surface area (Å²) in [6, 6.07) is 1.68. The zero-order chi connectivity index (χ0) is 42.5. The minimum Gasteiger partial charge on any atom is -0.467 e. The number of nitrogens with zero attached hydrogens (tertiary/aromatic N) is 3. The molecule has 5 rings (SSSR count). The van der Waals surface area contributed by atoms with Gasteiger partial charge in [0.15, 0.2) is 0 Å². The number of likely N-dealkylation sites (tertiary alicyclic amines) is 2. The van der Waals surface area contributed by atoms with Crippen LogP contribution in [0.2, 0.25) is 0 Å². The highest BCUT2D eigenvalue weighted by Crippen LogP contribution is 2.66. The third-order valence-electron chi connectivity index (χ3n) is 12.1. The number of amides is 5. The molecular weight excluding hydrogens is 728 g/mol. The Hall–Kier alpha value is -4.96. The normalized spacial score (nSPS) is 26.1. The Balaban J connectivity index is 0.000000259. The van der Waals surface area contributed by atoms with Crippen LogP contribution in [0.5, 0.6) is 5.75 Å². The van der Waals surface area contributed by atoms with Crippen LogP contribution in [0.25, 0.3) is 0 Å². The number of hydrogen-bond donors (Lipinski definition) is 3. The van der Waals surface area contributed by atoms with Gasteiger partial charge < -0.3 is 40.0 Å². The highest BCUT2D eigenvalue weighted by molar-refractivity contribution is 5.93. The highest BCUT2D eigenvalue weighted by atomic mass is 16.6. The van der Waals surface area contributed by atoms with E-state index in [9.17, 15) is 38.9 Å². The number of urea groups is 1. The first kappa shape index (κ1) is 43.8. The molecule has 1 aromatic carbocycles. The first-order valence-corrected chi connectivity index (χ1v) is 18.7. The predicted octanol–water partition coefficient (Wildman–Crippen LogP) is 3.74. The quantitative estimate of drug-likeness (QED) is 0.196. The molecule has 5 amide bonds. The van der Waals surface area contributed by atoms with Crippen molar-refractivity contribution in [1.82, 2.24) is 25.8 Å². The topological polar surface area (TPSA) is 216 Å². The van der Waals surface area contributed by atoms with Gasteiger partial charge in [0.1, 0.15) is 29.9 Å². The minimum absolute atomic E-state index is 0.0200. The van der Waals surface area contributed by atoms with Crippen molar-refractivity contribution in [3.8, 4) is 5.75 Å². The van der Waals surface area contributed by atoms with Gasteiger partial charge in [-0.25, -0.2) is 19.2 Å². The van der Waals surface area contributed by atoms with Crippen LogP contribution < -0.4 is 20.7 Å². The van der Waals surface area contributed by atoms with E-state index in [1.165, 1.54) is 50.4 Å². The number of ether oxygens (including phenoxy) is 3. The number of esters is 2. The Morgan fingerprint density at radius 3 is 1.48 bits per heavy atom. The van der Waals surface area contributed by atoms with Crippen molar-refractivity contribution < 1.29 is 47.9 Å². The van der Waals surface area contributed by atoms with Crippen molar-refractivity contribution in [2.24, 2.45) is 45.3 Å². The van der Waals surface area contributed by atoms with Gasteiger partial charge >= 0.3 is 24.1 Å². The number of carbonyl (C=O) groups is 6. The fourth-order valence-electron chi connectivity index (χ4n) is 8.53. The van der Waals surface area contributed by atoms with Gasteiger partial charge in [0, 0.05) is 44.1 Å². The second-order valence-electron chi connectivity index (χ2n) is 18.4. The van der Waals surface area contributed by atoms with Crippen molar-refractivity contribution in [3.05, 3.63) is 34.4 Å². The minimum atomic E-state index is -0.958. The Labute approximate surface area is 328 Å². The lowest BCUT2D eigenvalue weighted by Crippen LogP contribution is -2.59. The van der Waals surface area contributed by atoms with E-state index in [0.29, 0.717) is 19.0 Å². The van der Waals surface area contributed by atoms with Crippen LogP contribution in [-0.2, 0) is 28.7 Å². The number of benzene rings is 1. The average Bonchev–Trinajstić information content (AvgIpc) is 3.58. The average molecular weight is 787 g/mol. The number of piperidine rings is 2. The van der Waals surface area contributed by atoms with Crippen molar-refractivity contribution in [3.63, 3.8) is 0 Å². The SMILES string of the molecule is CNC(=O)N[C@H](C(=O)N1C[C@H]2[C@@H]([C@H]1C(=O)OC)C2(C)C)C(C)(C)C.COC(=O)[C@@H]1[C@@H]2[C@H](CN1C(=O)[C@@H](NC(=O)Oc1ccc([N+](=O)[O-])cc1)C(C)(C)C)C2(C)C. The van der Waals surface area contributed by atoms with Gasteiger partial charge in [-0.2, -0.15) is 0 Å². The molecule has 2 heterocycles. The van der Waals surface area contributed by atoms with Gasteiger partial charge in [0.05, 0.1) is 19.1 Å². The van der Waals surface area contributed by atoms with E-state index in [-0.39, 0.29) is 57.8 Å². The van der Waals surface area contributed by atoms with Crippen LogP contribution in [0, 0.1) is 55.4 Å². The molecule has 2 aliphatic carbocycles. The molecule has 56 heavy (non-hydrogen) atoms. The molecule has 0 unspecified atom stereocenters. The first-order valence-electron chi connectivity index (χ1n) is 18.7. The van der Waals surface area contributed by atoms with Crippen molar-refractivity contribution >= 4 is 41.6 Å². The first-order chi connectivity index (χ1) is 25.7. The van der Waals surface area contributed by atoms with Gasteiger partial charge in [0.25, 0.3) is 5.69 Å². The standard InChI is InChI=1S/C22H29N3O7.C17H29N3O4/c1-21(2,3)17(23-20(28)32-13-9-7-12(8-10-13)25(29)30)18(26)24-11-14-15(22(14,4)5)16(24)19(27)31-6;1-16(2,3)12(19-15(23)18-6)13(21)20-8-9-10(17(9,4)5)11(20)14(22)24-7/h7-10,14-17H,11H2,1-6H3,(H,23,28);9-12H,8H2,1-7H3,(H2,18,19,23)/t14-,15-,16-,17+;9-,10-,11-,12+/m00/s1. The number of nitro groups is 1. The lowest BCUT2D eigenvalue weighted by Gasteiger charge is -2.37. The highest BCUT2D eigenvalue weighted by Gasteiger charge is 2.71. The summed E-state index contributed by atoms with van der Waals surface area (Å²) in [4.78, 5) is 89.0. The van der Waals surface area contributed by atoms with E-state index in [4.69, 9.17) is 14.2 Å². The monoisotopic (exact) mass is 786 g/mol.